The van der Waals surface area contributed by atoms with Crippen LogP contribution in [0.2, 0.25) is 0 Å². The molecule has 0 aliphatic heterocycles. The van der Waals surface area contributed by atoms with E-state index in [-0.39, 0.29) is 12.6 Å². The van der Waals surface area contributed by atoms with E-state index in [0.29, 0.717) is 31.2 Å². The molecule has 0 unspecified atom stereocenters. The number of oxazole rings is 1. The molecule has 0 saturated carbocycles. The first-order valence-corrected chi connectivity index (χ1v) is 7.24. The van der Waals surface area contributed by atoms with Gasteiger partial charge in [0.15, 0.2) is 0 Å². The number of thiophene rings is 1. The molecule has 0 aliphatic rings. The van der Waals surface area contributed by atoms with Gasteiger partial charge in [0.1, 0.15) is 6.26 Å². The number of hydrogen-bond donors (Lipinski definition) is 2. The fourth-order valence-electron chi connectivity index (χ4n) is 1.70. The Morgan fingerprint density at radius 3 is 3.10 bits per heavy atom. The van der Waals surface area contributed by atoms with E-state index in [9.17, 15) is 4.79 Å². The third-order valence-corrected chi connectivity index (χ3v) is 3.60. The lowest BCUT2D eigenvalue weighted by Gasteiger charge is -2.19. The molecule has 108 valence electrons. The zero-order chi connectivity index (χ0) is 14.4. The van der Waals surface area contributed by atoms with Crippen LogP contribution in [0.1, 0.15) is 12.6 Å². The van der Waals surface area contributed by atoms with Crippen LogP contribution in [-0.2, 0) is 6.54 Å². The number of urea groups is 1. The van der Waals surface area contributed by atoms with Gasteiger partial charge in [0.2, 0.25) is 5.89 Å². The predicted octanol–water partition coefficient (Wildman–Crippen LogP) is 1.93. The van der Waals surface area contributed by atoms with Crippen molar-refractivity contribution < 1.29 is 14.3 Å². The number of likely N-dealkylation sites (N-methyl/N-ethyl adjacent to an activating group) is 1. The molecule has 2 rings (SSSR count). The Hall–Kier alpha value is -1.86. The molecule has 6 nitrogen and oxygen atoms in total. The highest BCUT2D eigenvalue weighted by Gasteiger charge is 2.12. The van der Waals surface area contributed by atoms with E-state index in [4.69, 9.17) is 9.52 Å². The zero-order valence-electron chi connectivity index (χ0n) is 11.2. The molecule has 0 radical (unpaired) electrons. The quantitative estimate of drug-likeness (QED) is 0.853. The predicted molar refractivity (Wildman–Crippen MR) is 76.4 cm³/mol. The standard InChI is InChI=1S/C13H17N3O3S/c1-2-16(5-6-17)13(18)14-8-10-9-19-12(15-10)11-4-3-7-20-11/h3-4,7,9,17H,2,5-6,8H2,1H3,(H,14,18). The number of hydrogen-bond acceptors (Lipinski definition) is 5. The molecule has 20 heavy (non-hydrogen) atoms. The molecule has 0 fully saturated rings. The summed E-state index contributed by atoms with van der Waals surface area (Å²) in [6.07, 6.45) is 1.54. The average Bonchev–Trinajstić information content (AvgIpc) is 3.12. The van der Waals surface area contributed by atoms with Crippen LogP contribution in [0.15, 0.2) is 28.2 Å². The van der Waals surface area contributed by atoms with Crippen LogP contribution in [0.25, 0.3) is 10.8 Å². The van der Waals surface area contributed by atoms with Gasteiger partial charge in [-0.2, -0.15) is 0 Å². The Morgan fingerprint density at radius 2 is 2.45 bits per heavy atom. The average molecular weight is 295 g/mol. The van der Waals surface area contributed by atoms with Crippen LogP contribution >= 0.6 is 11.3 Å². The lowest BCUT2D eigenvalue weighted by molar-refractivity contribution is 0.180. The highest BCUT2D eigenvalue weighted by molar-refractivity contribution is 7.13. The van der Waals surface area contributed by atoms with E-state index in [1.54, 1.807) is 11.3 Å². The zero-order valence-corrected chi connectivity index (χ0v) is 12.0. The van der Waals surface area contributed by atoms with Gasteiger partial charge < -0.3 is 19.7 Å². The fraction of sp³-hybridized carbons (Fsp3) is 0.385. The van der Waals surface area contributed by atoms with Crippen molar-refractivity contribution in [1.82, 2.24) is 15.2 Å². The van der Waals surface area contributed by atoms with Crippen LogP contribution in [0.4, 0.5) is 4.79 Å². The summed E-state index contributed by atoms with van der Waals surface area (Å²) in [5.41, 5.74) is 0.668. The van der Waals surface area contributed by atoms with Crippen molar-refractivity contribution in [2.75, 3.05) is 19.7 Å². The number of rotatable bonds is 6. The number of carbonyl (C=O) groups excluding carboxylic acids is 1. The molecule has 0 saturated heterocycles. The number of nitrogens with one attached hydrogen (secondary N) is 1. The molecule has 2 aromatic heterocycles. The summed E-state index contributed by atoms with van der Waals surface area (Å²) >= 11 is 1.55. The molecular weight excluding hydrogens is 278 g/mol. The van der Waals surface area contributed by atoms with Gasteiger partial charge in [-0.1, -0.05) is 6.07 Å². The largest absolute Gasteiger partial charge is 0.443 e. The van der Waals surface area contributed by atoms with Gasteiger partial charge in [-0.3, -0.25) is 0 Å². The molecular formula is C13H17N3O3S. The summed E-state index contributed by atoms with van der Waals surface area (Å²) in [6, 6.07) is 3.64. The molecule has 0 spiro atoms. The van der Waals surface area contributed by atoms with E-state index in [1.807, 2.05) is 24.4 Å². The third kappa shape index (κ3) is 3.58. The summed E-state index contributed by atoms with van der Waals surface area (Å²) < 4.78 is 5.37. The molecule has 2 heterocycles. The molecule has 7 heteroatoms. The maximum absolute atomic E-state index is 11.8. The van der Waals surface area contributed by atoms with Crippen LogP contribution in [0.3, 0.4) is 0 Å². The third-order valence-electron chi connectivity index (χ3n) is 2.74. The minimum atomic E-state index is -0.220. The lowest BCUT2D eigenvalue weighted by Crippen LogP contribution is -2.41. The van der Waals surface area contributed by atoms with E-state index >= 15 is 0 Å². The molecule has 2 aromatic rings. The first-order chi connectivity index (χ1) is 9.74. The molecule has 2 amide bonds. The summed E-state index contributed by atoms with van der Waals surface area (Å²) in [7, 11) is 0. The molecule has 2 N–H and O–H groups in total. The highest BCUT2D eigenvalue weighted by Crippen LogP contribution is 2.23. The molecule has 0 bridgehead atoms. The minimum Gasteiger partial charge on any atom is -0.443 e. The Balaban J connectivity index is 1.90. The Kier molecular flexibility index (Phi) is 5.14. The second-order valence-corrected chi connectivity index (χ2v) is 5.03. The van der Waals surface area contributed by atoms with Gasteiger partial charge in [-0.15, -0.1) is 11.3 Å². The summed E-state index contributed by atoms with van der Waals surface area (Å²) in [4.78, 5) is 18.6. The Labute approximate surface area is 121 Å². The van der Waals surface area contributed by atoms with Crippen LogP contribution < -0.4 is 5.32 Å². The highest BCUT2D eigenvalue weighted by atomic mass is 32.1. The smallest absolute Gasteiger partial charge is 0.317 e. The second-order valence-electron chi connectivity index (χ2n) is 4.08. The summed E-state index contributed by atoms with van der Waals surface area (Å²) in [5.74, 6) is 0.562. The topological polar surface area (TPSA) is 78.6 Å². The van der Waals surface area contributed by atoms with Crippen molar-refractivity contribution in [2.45, 2.75) is 13.5 Å². The number of aliphatic hydroxyl groups is 1. The monoisotopic (exact) mass is 295 g/mol. The normalized spacial score (nSPS) is 10.5. The van der Waals surface area contributed by atoms with Gasteiger partial charge in [-0.25, -0.2) is 9.78 Å². The van der Waals surface area contributed by atoms with Crippen LogP contribution in [0, 0.1) is 0 Å². The van der Waals surface area contributed by atoms with Crippen molar-refractivity contribution in [3.8, 4) is 10.8 Å². The maximum Gasteiger partial charge on any atom is 0.317 e. The van der Waals surface area contributed by atoms with Crippen molar-refractivity contribution in [2.24, 2.45) is 0 Å². The second kappa shape index (κ2) is 7.06. The van der Waals surface area contributed by atoms with E-state index in [0.717, 1.165) is 4.88 Å². The van der Waals surface area contributed by atoms with Gasteiger partial charge >= 0.3 is 6.03 Å². The van der Waals surface area contributed by atoms with Crippen LogP contribution in [0.5, 0.6) is 0 Å². The van der Waals surface area contributed by atoms with E-state index < -0.39 is 0 Å². The minimum absolute atomic E-state index is 0.0479. The number of amides is 2. The first-order valence-electron chi connectivity index (χ1n) is 6.36. The van der Waals surface area contributed by atoms with Crippen molar-refractivity contribution in [1.29, 1.82) is 0 Å². The van der Waals surface area contributed by atoms with E-state index in [2.05, 4.69) is 10.3 Å². The fourth-order valence-corrected chi connectivity index (χ4v) is 2.36. The number of carbonyl (C=O) groups is 1. The van der Waals surface area contributed by atoms with Gasteiger partial charge in [0.05, 0.1) is 23.7 Å². The Morgan fingerprint density at radius 1 is 1.60 bits per heavy atom. The lowest BCUT2D eigenvalue weighted by atomic mass is 10.4. The number of aliphatic hydroxyl groups excluding tert-OH is 1. The van der Waals surface area contributed by atoms with Gasteiger partial charge in [-0.05, 0) is 18.4 Å². The van der Waals surface area contributed by atoms with Gasteiger partial charge in [0, 0.05) is 13.1 Å². The van der Waals surface area contributed by atoms with Crippen LogP contribution in [-0.4, -0.2) is 40.7 Å². The van der Waals surface area contributed by atoms with Crippen molar-refractivity contribution >= 4 is 17.4 Å². The molecule has 0 aromatic carbocycles. The summed E-state index contributed by atoms with van der Waals surface area (Å²) in [5, 5.41) is 13.6. The van der Waals surface area contributed by atoms with Gasteiger partial charge in [0.25, 0.3) is 0 Å². The maximum atomic E-state index is 11.8. The van der Waals surface area contributed by atoms with Crippen molar-refractivity contribution in [3.63, 3.8) is 0 Å². The van der Waals surface area contributed by atoms with E-state index in [1.165, 1.54) is 11.2 Å². The molecule has 0 atom stereocenters. The van der Waals surface area contributed by atoms with Crippen molar-refractivity contribution in [3.05, 3.63) is 29.5 Å². The SMILES string of the molecule is CCN(CCO)C(=O)NCc1coc(-c2cccs2)n1. The Bertz CT molecular complexity index is 539. The summed E-state index contributed by atoms with van der Waals surface area (Å²) in [6.45, 7) is 2.98. The molecule has 0 aliphatic carbocycles. The number of aromatic nitrogens is 1. The number of nitrogens with zero attached hydrogens (tertiary/aromatic N) is 2. The first kappa shape index (κ1) is 14.5.